The van der Waals surface area contributed by atoms with Crippen LogP contribution >= 0.6 is 0 Å². The molecule has 0 radical (unpaired) electrons. The minimum Gasteiger partial charge on any atom is -0.376 e. The molecule has 1 aromatic carbocycles. The molecule has 1 atom stereocenters. The van der Waals surface area contributed by atoms with Crippen LogP contribution in [0.25, 0.3) is 5.69 Å². The minimum absolute atomic E-state index is 0.255. The largest absolute Gasteiger partial charge is 0.376 e. The van der Waals surface area contributed by atoms with E-state index < -0.39 is 0 Å². The highest BCUT2D eigenvalue weighted by atomic mass is 16.5. The number of rotatable bonds is 4. The molecule has 3 N–H and O–H groups in total. The number of hydrogen-bond acceptors (Lipinski definition) is 5. The quantitative estimate of drug-likeness (QED) is 0.868. The van der Waals surface area contributed by atoms with Crippen LogP contribution in [0.15, 0.2) is 30.3 Å². The Labute approximate surface area is 111 Å². The number of aromatic nitrogens is 3. The summed E-state index contributed by atoms with van der Waals surface area (Å²) in [5, 5.41) is 7.52. The Bertz CT molecular complexity index is 533. The molecule has 1 aliphatic rings. The second-order valence-corrected chi connectivity index (χ2v) is 4.56. The molecule has 0 amide bonds. The molecule has 100 valence electrons. The van der Waals surface area contributed by atoms with Gasteiger partial charge in [-0.25, -0.2) is 0 Å². The van der Waals surface area contributed by atoms with E-state index in [1.807, 2.05) is 30.3 Å². The molecule has 1 unspecified atom stereocenters. The zero-order chi connectivity index (χ0) is 13.1. The van der Waals surface area contributed by atoms with Gasteiger partial charge >= 0.3 is 0 Å². The van der Waals surface area contributed by atoms with Gasteiger partial charge in [-0.1, -0.05) is 18.2 Å². The third-order valence-corrected chi connectivity index (χ3v) is 3.14. The lowest BCUT2D eigenvalue weighted by Crippen LogP contribution is -2.19. The molecule has 0 bridgehead atoms. The predicted molar refractivity (Wildman–Crippen MR) is 73.2 cm³/mol. The van der Waals surface area contributed by atoms with Crippen molar-refractivity contribution in [2.75, 3.05) is 24.2 Å². The number of ether oxygens (including phenoxy) is 1. The zero-order valence-corrected chi connectivity index (χ0v) is 10.6. The Hall–Kier alpha value is -2.08. The maximum atomic E-state index is 5.88. The van der Waals surface area contributed by atoms with Gasteiger partial charge in [-0.05, 0) is 25.0 Å². The van der Waals surface area contributed by atoms with Gasteiger partial charge in [0.15, 0.2) is 0 Å². The molecule has 3 rings (SSSR count). The fourth-order valence-electron chi connectivity index (χ4n) is 2.17. The van der Waals surface area contributed by atoms with Gasteiger partial charge in [-0.15, -0.1) is 5.10 Å². The topological polar surface area (TPSA) is 78.0 Å². The summed E-state index contributed by atoms with van der Waals surface area (Å²) in [5.41, 5.74) is 6.78. The number of nitrogens with two attached hydrogens (primary N) is 1. The van der Waals surface area contributed by atoms with Crippen LogP contribution in [0.3, 0.4) is 0 Å². The zero-order valence-electron chi connectivity index (χ0n) is 10.6. The summed E-state index contributed by atoms with van der Waals surface area (Å²) in [7, 11) is 0. The van der Waals surface area contributed by atoms with E-state index in [1.54, 1.807) is 4.68 Å². The van der Waals surface area contributed by atoms with Gasteiger partial charge in [0.25, 0.3) is 0 Å². The molecule has 1 aliphatic heterocycles. The summed E-state index contributed by atoms with van der Waals surface area (Å²) >= 11 is 0. The molecular formula is C13H17N5O. The number of hydrogen-bond donors (Lipinski definition) is 2. The van der Waals surface area contributed by atoms with Gasteiger partial charge in [-0.3, -0.25) is 0 Å². The standard InChI is InChI=1S/C13H17N5O/c14-12-16-13(15-9-11-7-4-8-19-11)17-18(12)10-5-2-1-3-6-10/h1-3,5-6,11H,4,7-9H2,(H3,14,15,16,17). The van der Waals surface area contributed by atoms with Crippen molar-refractivity contribution in [2.24, 2.45) is 0 Å². The molecule has 2 aromatic rings. The predicted octanol–water partition coefficient (Wildman–Crippen LogP) is 1.44. The molecule has 2 heterocycles. The second-order valence-electron chi connectivity index (χ2n) is 4.56. The van der Waals surface area contributed by atoms with Crippen molar-refractivity contribution in [3.8, 4) is 5.69 Å². The summed E-state index contributed by atoms with van der Waals surface area (Å²) in [4.78, 5) is 4.21. The summed E-state index contributed by atoms with van der Waals surface area (Å²) in [6.45, 7) is 1.57. The molecule has 0 aliphatic carbocycles. The Morgan fingerprint density at radius 3 is 2.95 bits per heavy atom. The average Bonchev–Trinajstić information content (AvgIpc) is 3.07. The molecule has 19 heavy (non-hydrogen) atoms. The van der Waals surface area contributed by atoms with E-state index in [4.69, 9.17) is 10.5 Å². The fourth-order valence-corrected chi connectivity index (χ4v) is 2.17. The van der Waals surface area contributed by atoms with Crippen LogP contribution in [-0.2, 0) is 4.74 Å². The van der Waals surface area contributed by atoms with E-state index in [9.17, 15) is 0 Å². The van der Waals surface area contributed by atoms with Crippen molar-refractivity contribution in [1.82, 2.24) is 14.8 Å². The van der Waals surface area contributed by atoms with Crippen LogP contribution in [-0.4, -0.2) is 34.0 Å². The summed E-state index contributed by atoms with van der Waals surface area (Å²) in [5.74, 6) is 0.915. The van der Waals surface area contributed by atoms with Crippen LogP contribution < -0.4 is 11.1 Å². The fraction of sp³-hybridized carbons (Fsp3) is 0.385. The lowest BCUT2D eigenvalue weighted by Gasteiger charge is -2.08. The van der Waals surface area contributed by atoms with Gasteiger partial charge in [0.2, 0.25) is 11.9 Å². The average molecular weight is 259 g/mol. The van der Waals surface area contributed by atoms with Crippen molar-refractivity contribution >= 4 is 11.9 Å². The molecule has 1 saturated heterocycles. The summed E-state index contributed by atoms with van der Waals surface area (Å²) in [6.07, 6.45) is 2.47. The Morgan fingerprint density at radius 1 is 1.37 bits per heavy atom. The van der Waals surface area contributed by atoms with E-state index in [0.717, 1.165) is 31.7 Å². The molecule has 1 aromatic heterocycles. The van der Waals surface area contributed by atoms with E-state index >= 15 is 0 Å². The highest BCUT2D eigenvalue weighted by molar-refractivity contribution is 5.41. The van der Waals surface area contributed by atoms with Crippen LogP contribution in [0.5, 0.6) is 0 Å². The van der Waals surface area contributed by atoms with E-state index in [1.165, 1.54) is 0 Å². The number of nitrogens with one attached hydrogen (secondary N) is 1. The first-order valence-electron chi connectivity index (χ1n) is 6.46. The highest BCUT2D eigenvalue weighted by Crippen LogP contribution is 2.15. The van der Waals surface area contributed by atoms with Gasteiger partial charge in [0.05, 0.1) is 11.8 Å². The van der Waals surface area contributed by atoms with Crippen molar-refractivity contribution in [2.45, 2.75) is 18.9 Å². The first-order chi connectivity index (χ1) is 9.33. The first kappa shape index (κ1) is 12.0. The smallest absolute Gasteiger partial charge is 0.244 e. The van der Waals surface area contributed by atoms with Crippen LogP contribution in [0.1, 0.15) is 12.8 Å². The molecular weight excluding hydrogens is 242 g/mol. The van der Waals surface area contributed by atoms with Crippen LogP contribution in [0.2, 0.25) is 0 Å². The monoisotopic (exact) mass is 259 g/mol. The maximum absolute atomic E-state index is 5.88. The SMILES string of the molecule is Nc1nc(NCC2CCCO2)nn1-c1ccccc1. The summed E-state index contributed by atoms with van der Waals surface area (Å²) in [6, 6.07) is 9.71. The second kappa shape index (κ2) is 5.27. The first-order valence-corrected chi connectivity index (χ1v) is 6.46. The number of nitrogens with zero attached hydrogens (tertiary/aromatic N) is 3. The normalized spacial score (nSPS) is 18.6. The number of nitrogen functional groups attached to an aromatic ring is 1. The Balaban J connectivity index is 1.70. The minimum atomic E-state index is 0.255. The van der Waals surface area contributed by atoms with Crippen LogP contribution in [0, 0.1) is 0 Å². The number of anilines is 2. The van der Waals surface area contributed by atoms with Crippen molar-refractivity contribution in [3.63, 3.8) is 0 Å². The van der Waals surface area contributed by atoms with E-state index in [0.29, 0.717) is 11.9 Å². The van der Waals surface area contributed by atoms with Crippen molar-refractivity contribution < 1.29 is 4.74 Å². The molecule has 0 spiro atoms. The maximum Gasteiger partial charge on any atom is 0.244 e. The molecule has 6 nitrogen and oxygen atoms in total. The Kier molecular flexibility index (Phi) is 3.33. The van der Waals surface area contributed by atoms with Crippen LogP contribution in [0.4, 0.5) is 11.9 Å². The highest BCUT2D eigenvalue weighted by Gasteiger charge is 2.16. The summed E-state index contributed by atoms with van der Waals surface area (Å²) < 4.78 is 7.16. The Morgan fingerprint density at radius 2 is 2.21 bits per heavy atom. The molecule has 0 saturated carbocycles. The molecule has 1 fully saturated rings. The third-order valence-electron chi connectivity index (χ3n) is 3.14. The number of para-hydroxylation sites is 1. The van der Waals surface area contributed by atoms with Gasteiger partial charge < -0.3 is 15.8 Å². The van der Waals surface area contributed by atoms with Gasteiger partial charge in [0.1, 0.15) is 0 Å². The van der Waals surface area contributed by atoms with Gasteiger partial charge in [0, 0.05) is 13.2 Å². The molecule has 6 heteroatoms. The van der Waals surface area contributed by atoms with Crippen molar-refractivity contribution in [3.05, 3.63) is 30.3 Å². The van der Waals surface area contributed by atoms with E-state index in [-0.39, 0.29) is 6.10 Å². The number of benzene rings is 1. The van der Waals surface area contributed by atoms with Crippen molar-refractivity contribution in [1.29, 1.82) is 0 Å². The van der Waals surface area contributed by atoms with Gasteiger partial charge in [-0.2, -0.15) is 9.67 Å². The third kappa shape index (κ3) is 2.68. The van der Waals surface area contributed by atoms with E-state index in [2.05, 4.69) is 15.4 Å². The lowest BCUT2D eigenvalue weighted by atomic mass is 10.2. The lowest BCUT2D eigenvalue weighted by molar-refractivity contribution is 0.120.